The average molecular weight is 375 g/mol. The van der Waals surface area contributed by atoms with Gasteiger partial charge in [0.15, 0.2) is 0 Å². The van der Waals surface area contributed by atoms with Crippen molar-refractivity contribution in [1.82, 2.24) is 9.47 Å². The molecule has 0 N–H and O–H groups in total. The number of hydrogen-bond donors (Lipinski definition) is 0. The Morgan fingerprint density at radius 1 is 0.963 bits per heavy atom. The van der Waals surface area contributed by atoms with Crippen molar-refractivity contribution in [2.24, 2.45) is 0 Å². The van der Waals surface area contributed by atoms with E-state index in [1.54, 1.807) is 16.2 Å². The van der Waals surface area contributed by atoms with E-state index in [2.05, 4.69) is 41.8 Å². The van der Waals surface area contributed by atoms with Crippen molar-refractivity contribution in [3.05, 3.63) is 94.5 Å². The van der Waals surface area contributed by atoms with Gasteiger partial charge in [0.1, 0.15) is 5.69 Å². The maximum absolute atomic E-state index is 13.2. The molecule has 0 spiro atoms. The minimum Gasteiger partial charge on any atom is -0.336 e. The van der Waals surface area contributed by atoms with E-state index in [1.165, 1.54) is 15.1 Å². The number of benzene rings is 2. The van der Waals surface area contributed by atoms with Gasteiger partial charge in [0.2, 0.25) is 0 Å². The number of thiophene rings is 1. The van der Waals surface area contributed by atoms with Gasteiger partial charge in [-0.15, -0.1) is 11.3 Å². The smallest absolute Gasteiger partial charge is 0.270 e. The number of aromatic nitrogens is 1. The summed E-state index contributed by atoms with van der Waals surface area (Å²) in [6.45, 7) is 3.41. The van der Waals surface area contributed by atoms with E-state index in [-0.39, 0.29) is 5.91 Å². The van der Waals surface area contributed by atoms with Gasteiger partial charge >= 0.3 is 0 Å². The molecule has 27 heavy (non-hydrogen) atoms. The topological polar surface area (TPSA) is 25.2 Å². The number of aryl methyl sites for hydroxylation is 1. The minimum atomic E-state index is 0.0517. The highest BCUT2D eigenvalue weighted by Crippen LogP contribution is 2.30. The molecule has 136 valence electrons. The largest absolute Gasteiger partial charge is 0.336 e. The lowest BCUT2D eigenvalue weighted by Crippen LogP contribution is -2.28. The molecule has 2 heterocycles. The maximum Gasteiger partial charge on any atom is 0.270 e. The Labute approximate surface area is 163 Å². The Morgan fingerprint density at radius 3 is 2.26 bits per heavy atom. The van der Waals surface area contributed by atoms with Crippen molar-refractivity contribution in [2.75, 3.05) is 7.05 Å². The highest BCUT2D eigenvalue weighted by atomic mass is 32.1. The van der Waals surface area contributed by atoms with Crippen LogP contribution in [0.1, 0.15) is 26.5 Å². The van der Waals surface area contributed by atoms with E-state index in [0.717, 1.165) is 16.8 Å². The Kier molecular flexibility index (Phi) is 4.82. The zero-order chi connectivity index (χ0) is 18.8. The number of carbonyl (C=O) groups excluding carboxylic acids is 1. The number of hydrogen-bond acceptors (Lipinski definition) is 2. The Balaban J connectivity index is 1.68. The van der Waals surface area contributed by atoms with Crippen LogP contribution in [0.2, 0.25) is 0 Å². The van der Waals surface area contributed by atoms with Crippen LogP contribution >= 0.6 is 11.3 Å². The third kappa shape index (κ3) is 3.67. The van der Waals surface area contributed by atoms with Crippen molar-refractivity contribution in [2.45, 2.75) is 20.0 Å². The fraction of sp³-hybridized carbons (Fsp3) is 0.174. The van der Waals surface area contributed by atoms with Crippen molar-refractivity contribution >= 4 is 27.5 Å². The van der Waals surface area contributed by atoms with Crippen molar-refractivity contribution in [1.29, 1.82) is 0 Å². The van der Waals surface area contributed by atoms with Gasteiger partial charge in [-0.05, 0) is 30.2 Å². The summed E-state index contributed by atoms with van der Waals surface area (Å²) in [5, 5.41) is 0. The Bertz CT molecular complexity index is 1060. The molecule has 0 atom stereocenters. The number of rotatable bonds is 5. The lowest BCUT2D eigenvalue weighted by molar-refractivity contribution is 0.0775. The molecule has 2 aromatic carbocycles. The first-order valence-corrected chi connectivity index (χ1v) is 9.86. The van der Waals surface area contributed by atoms with E-state index >= 15 is 0 Å². The first-order chi connectivity index (χ1) is 13.1. The van der Waals surface area contributed by atoms with Crippen molar-refractivity contribution in [3.63, 3.8) is 0 Å². The molecule has 4 aromatic rings. The zero-order valence-corrected chi connectivity index (χ0v) is 16.4. The molecule has 0 saturated heterocycles. The molecule has 0 fully saturated rings. The Hall–Kier alpha value is -2.85. The molecule has 4 heteroatoms. The van der Waals surface area contributed by atoms with Crippen LogP contribution in [0.15, 0.2) is 72.8 Å². The normalized spacial score (nSPS) is 11.0. The van der Waals surface area contributed by atoms with Gasteiger partial charge in [0.05, 0.1) is 10.2 Å². The molecular formula is C23H22N2OS. The molecule has 4 rings (SSSR count). The Morgan fingerprint density at radius 2 is 1.59 bits per heavy atom. The fourth-order valence-corrected chi connectivity index (χ4v) is 4.36. The lowest BCUT2D eigenvalue weighted by Gasteiger charge is -2.19. The highest BCUT2D eigenvalue weighted by Gasteiger charge is 2.20. The predicted molar refractivity (Wildman–Crippen MR) is 112 cm³/mol. The van der Waals surface area contributed by atoms with Crippen LogP contribution in [-0.2, 0) is 13.1 Å². The summed E-state index contributed by atoms with van der Waals surface area (Å²) in [4.78, 5) is 16.3. The summed E-state index contributed by atoms with van der Waals surface area (Å²) in [7, 11) is 1.87. The monoisotopic (exact) mass is 374 g/mol. The standard InChI is InChI=1S/C23H22N2OS/c1-17-13-20-22(27-17)14-21(25(20)16-19-11-7-4-8-12-19)23(26)24(2)15-18-9-5-3-6-10-18/h3-14H,15-16H2,1-2H3. The van der Waals surface area contributed by atoms with Crippen LogP contribution in [0.4, 0.5) is 0 Å². The molecule has 0 aliphatic rings. The summed E-state index contributed by atoms with van der Waals surface area (Å²) in [5.41, 5.74) is 4.21. The number of carbonyl (C=O) groups is 1. The van der Waals surface area contributed by atoms with Crippen LogP contribution < -0.4 is 0 Å². The van der Waals surface area contributed by atoms with Crippen LogP contribution in [0.3, 0.4) is 0 Å². The first kappa shape index (κ1) is 17.6. The molecule has 0 unspecified atom stereocenters. The van der Waals surface area contributed by atoms with E-state index in [0.29, 0.717) is 13.1 Å². The SMILES string of the molecule is Cc1cc2c(cc(C(=O)N(C)Cc3ccccc3)n2Cc2ccccc2)s1. The van der Waals surface area contributed by atoms with Crippen LogP contribution in [-0.4, -0.2) is 22.4 Å². The molecule has 0 aliphatic carbocycles. The van der Waals surface area contributed by atoms with Gasteiger partial charge in [-0.1, -0.05) is 60.7 Å². The summed E-state index contributed by atoms with van der Waals surface area (Å²) < 4.78 is 3.32. The average Bonchev–Trinajstić information content (AvgIpc) is 3.20. The zero-order valence-electron chi connectivity index (χ0n) is 15.6. The number of nitrogens with zero attached hydrogens (tertiary/aromatic N) is 2. The van der Waals surface area contributed by atoms with E-state index in [4.69, 9.17) is 0 Å². The molecule has 0 bridgehead atoms. The molecule has 0 aliphatic heterocycles. The summed E-state index contributed by atoms with van der Waals surface area (Å²) in [6.07, 6.45) is 0. The van der Waals surface area contributed by atoms with Gasteiger partial charge in [0, 0.05) is 25.0 Å². The van der Waals surface area contributed by atoms with E-state index < -0.39 is 0 Å². The highest BCUT2D eigenvalue weighted by molar-refractivity contribution is 7.19. The predicted octanol–water partition coefficient (Wildman–Crippen LogP) is 5.33. The lowest BCUT2D eigenvalue weighted by atomic mass is 10.2. The number of fused-ring (bicyclic) bond motifs is 1. The van der Waals surface area contributed by atoms with Crippen molar-refractivity contribution in [3.8, 4) is 0 Å². The summed E-state index contributed by atoms with van der Waals surface area (Å²) in [5.74, 6) is 0.0517. The van der Waals surface area contributed by atoms with Crippen LogP contribution in [0, 0.1) is 6.92 Å². The molecule has 3 nitrogen and oxygen atoms in total. The molecule has 2 aromatic heterocycles. The van der Waals surface area contributed by atoms with Gasteiger partial charge in [0.25, 0.3) is 5.91 Å². The fourth-order valence-electron chi connectivity index (χ4n) is 3.40. The van der Waals surface area contributed by atoms with Gasteiger partial charge in [-0.25, -0.2) is 0 Å². The molecule has 1 amide bonds. The summed E-state index contributed by atoms with van der Waals surface area (Å²) in [6, 6.07) is 24.6. The molecule has 0 radical (unpaired) electrons. The second kappa shape index (κ2) is 7.41. The van der Waals surface area contributed by atoms with Gasteiger partial charge < -0.3 is 9.47 Å². The first-order valence-electron chi connectivity index (χ1n) is 9.05. The quantitative estimate of drug-likeness (QED) is 0.463. The third-order valence-electron chi connectivity index (χ3n) is 4.72. The van der Waals surface area contributed by atoms with Gasteiger partial charge in [-0.3, -0.25) is 4.79 Å². The van der Waals surface area contributed by atoms with Crippen molar-refractivity contribution < 1.29 is 4.79 Å². The molecular weight excluding hydrogens is 352 g/mol. The van der Waals surface area contributed by atoms with Crippen LogP contribution in [0.25, 0.3) is 10.2 Å². The van der Waals surface area contributed by atoms with Crippen LogP contribution in [0.5, 0.6) is 0 Å². The second-order valence-electron chi connectivity index (χ2n) is 6.85. The molecule has 0 saturated carbocycles. The van der Waals surface area contributed by atoms with E-state index in [1.807, 2.05) is 49.5 Å². The summed E-state index contributed by atoms with van der Waals surface area (Å²) >= 11 is 1.74. The number of amides is 1. The minimum absolute atomic E-state index is 0.0517. The van der Waals surface area contributed by atoms with Gasteiger partial charge in [-0.2, -0.15) is 0 Å². The van der Waals surface area contributed by atoms with E-state index in [9.17, 15) is 4.79 Å². The third-order valence-corrected chi connectivity index (χ3v) is 5.71. The maximum atomic E-state index is 13.2. The second-order valence-corrected chi connectivity index (χ2v) is 8.14.